The molecule has 4 rings (SSSR count). The molecule has 152 valence electrons. The van der Waals surface area contributed by atoms with Crippen LogP contribution in [-0.2, 0) is 13.0 Å². The lowest BCUT2D eigenvalue weighted by Gasteiger charge is -2.34. The topological polar surface area (TPSA) is 91.6 Å². The van der Waals surface area contributed by atoms with Gasteiger partial charge in [0.15, 0.2) is 11.4 Å². The summed E-state index contributed by atoms with van der Waals surface area (Å²) < 4.78 is 28.4. The molecule has 2 amide bonds. The monoisotopic (exact) mass is 403 g/mol. The molecule has 1 aromatic heterocycles. The van der Waals surface area contributed by atoms with Crippen LogP contribution in [-0.4, -0.2) is 39.5 Å². The van der Waals surface area contributed by atoms with Gasteiger partial charge in [-0.05, 0) is 25.8 Å². The summed E-state index contributed by atoms with van der Waals surface area (Å²) in [5.41, 5.74) is -0.787. The normalized spacial score (nSPS) is 17.4. The molecule has 0 fully saturated rings. The zero-order chi connectivity index (χ0) is 20.9. The molecule has 1 aromatic carbocycles. The second-order valence-corrected chi connectivity index (χ2v) is 7.17. The van der Waals surface area contributed by atoms with Crippen molar-refractivity contribution in [2.24, 2.45) is 0 Å². The summed E-state index contributed by atoms with van der Waals surface area (Å²) in [5.74, 6) is -3.51. The highest BCUT2D eigenvalue weighted by Crippen LogP contribution is 2.36. The average molecular weight is 403 g/mol. The molecule has 2 N–H and O–H groups in total. The van der Waals surface area contributed by atoms with E-state index in [-0.39, 0.29) is 29.4 Å². The fraction of sp³-hybridized carbons (Fsp3) is 0.350. The number of likely N-dealkylation sites (N-methyl/N-ethyl adjacent to an activating group) is 1. The van der Waals surface area contributed by atoms with Crippen molar-refractivity contribution in [2.75, 3.05) is 13.1 Å². The number of carbonyl (C=O) groups is 2. The number of halogens is 2. The second-order valence-electron chi connectivity index (χ2n) is 7.17. The number of rotatable bonds is 4. The minimum atomic E-state index is -0.921. The van der Waals surface area contributed by atoms with Crippen LogP contribution < -0.4 is 10.7 Å². The second kappa shape index (κ2) is 6.98. The third-order valence-electron chi connectivity index (χ3n) is 5.55. The molecule has 0 spiro atoms. The maximum Gasteiger partial charge on any atom is 0.274 e. The van der Waals surface area contributed by atoms with Gasteiger partial charge < -0.3 is 19.9 Å². The molecule has 0 unspecified atom stereocenters. The number of nitrogens with one attached hydrogen (secondary N) is 1. The molecule has 1 atom stereocenters. The fourth-order valence-electron chi connectivity index (χ4n) is 4.11. The zero-order valence-electron chi connectivity index (χ0n) is 15.7. The molecule has 0 radical (unpaired) electrons. The molecule has 29 heavy (non-hydrogen) atoms. The lowest BCUT2D eigenvalue weighted by molar-refractivity contribution is 0.0676. The maximum absolute atomic E-state index is 13.8. The summed E-state index contributed by atoms with van der Waals surface area (Å²) in [4.78, 5) is 39.7. The van der Waals surface area contributed by atoms with Crippen LogP contribution in [0.5, 0.6) is 5.75 Å². The summed E-state index contributed by atoms with van der Waals surface area (Å²) >= 11 is 0. The van der Waals surface area contributed by atoms with E-state index >= 15 is 0 Å². The van der Waals surface area contributed by atoms with Crippen molar-refractivity contribution in [3.05, 3.63) is 62.6 Å². The van der Waals surface area contributed by atoms with Crippen LogP contribution in [0.2, 0.25) is 0 Å². The summed E-state index contributed by atoms with van der Waals surface area (Å²) in [6.45, 7) is 2.45. The largest absolute Gasteiger partial charge is 0.503 e. The van der Waals surface area contributed by atoms with Gasteiger partial charge in [0, 0.05) is 37.0 Å². The number of pyridine rings is 1. The molecule has 0 aliphatic carbocycles. The Balaban J connectivity index is 1.71. The van der Waals surface area contributed by atoms with Gasteiger partial charge in [-0.15, -0.1) is 0 Å². The van der Waals surface area contributed by atoms with E-state index in [9.17, 15) is 28.3 Å². The van der Waals surface area contributed by atoms with E-state index in [4.69, 9.17) is 0 Å². The first-order valence-corrected chi connectivity index (χ1v) is 9.35. The Hall–Kier alpha value is -3.23. The number of carbonyl (C=O) groups excluding carboxylic acids is 2. The molecule has 3 heterocycles. The predicted octanol–water partition coefficient (Wildman–Crippen LogP) is 1.73. The smallest absolute Gasteiger partial charge is 0.274 e. The van der Waals surface area contributed by atoms with Gasteiger partial charge in [-0.3, -0.25) is 14.4 Å². The van der Waals surface area contributed by atoms with E-state index in [1.165, 1.54) is 6.07 Å². The van der Waals surface area contributed by atoms with Crippen LogP contribution in [0.15, 0.2) is 23.0 Å². The summed E-state index contributed by atoms with van der Waals surface area (Å²) in [5, 5.41) is 12.9. The minimum Gasteiger partial charge on any atom is -0.503 e. The third-order valence-corrected chi connectivity index (χ3v) is 5.55. The Bertz CT molecular complexity index is 1100. The van der Waals surface area contributed by atoms with E-state index in [0.717, 1.165) is 6.07 Å². The zero-order valence-corrected chi connectivity index (χ0v) is 15.7. The summed E-state index contributed by atoms with van der Waals surface area (Å²) in [6.07, 6.45) is 1.04. The molecule has 2 aromatic rings. The van der Waals surface area contributed by atoms with Crippen molar-refractivity contribution in [3.63, 3.8) is 0 Å². The Labute approximate surface area is 164 Å². The van der Waals surface area contributed by atoms with Crippen molar-refractivity contribution in [2.45, 2.75) is 32.4 Å². The lowest BCUT2D eigenvalue weighted by Crippen LogP contribution is -2.44. The molecule has 0 saturated heterocycles. The maximum atomic E-state index is 13.8. The van der Waals surface area contributed by atoms with Gasteiger partial charge in [-0.2, -0.15) is 0 Å². The number of hydrogen-bond acceptors (Lipinski definition) is 4. The van der Waals surface area contributed by atoms with Crippen LogP contribution in [0.25, 0.3) is 0 Å². The Morgan fingerprint density at radius 2 is 2.07 bits per heavy atom. The number of nitrogens with zero attached hydrogens (tertiary/aromatic N) is 2. The van der Waals surface area contributed by atoms with Crippen molar-refractivity contribution in [3.8, 4) is 5.75 Å². The number of amides is 2. The van der Waals surface area contributed by atoms with Gasteiger partial charge in [0.1, 0.15) is 17.2 Å². The van der Waals surface area contributed by atoms with Gasteiger partial charge in [0.25, 0.3) is 11.8 Å². The highest BCUT2D eigenvalue weighted by molar-refractivity contribution is 6.00. The predicted molar refractivity (Wildman–Crippen MR) is 98.8 cm³/mol. The summed E-state index contributed by atoms with van der Waals surface area (Å²) in [7, 11) is 0. The summed E-state index contributed by atoms with van der Waals surface area (Å²) in [6, 6.07) is 2.86. The molecule has 7 nitrogen and oxygen atoms in total. The van der Waals surface area contributed by atoms with Crippen molar-refractivity contribution >= 4 is 11.8 Å². The number of benzene rings is 1. The van der Waals surface area contributed by atoms with Gasteiger partial charge >= 0.3 is 0 Å². The molecule has 9 heteroatoms. The van der Waals surface area contributed by atoms with E-state index in [2.05, 4.69) is 5.32 Å². The Morgan fingerprint density at radius 1 is 1.31 bits per heavy atom. The molecule has 0 bridgehead atoms. The number of hydrogen-bond donors (Lipinski definition) is 2. The van der Waals surface area contributed by atoms with Gasteiger partial charge in [-0.1, -0.05) is 6.07 Å². The van der Waals surface area contributed by atoms with Gasteiger partial charge in [0.2, 0.25) is 5.43 Å². The lowest BCUT2D eigenvalue weighted by atomic mass is 10.1. The van der Waals surface area contributed by atoms with Crippen molar-refractivity contribution in [1.82, 2.24) is 14.8 Å². The fourth-order valence-corrected chi connectivity index (χ4v) is 4.11. The molecule has 0 saturated carbocycles. The molecule has 2 aliphatic rings. The standard InChI is InChI=1S/C20H19F2N3O4/c1-2-24-9-12-5-6-14-15(17(26)18(27)16(20(24)29)25(12)14)19(28)23-8-10-3-4-11(21)7-13(10)22/h3-4,7,12,27H,2,5-6,8-9H2,1H3,(H,23,28)/t12-/m0/s1. The molecule has 2 aliphatic heterocycles. The van der Waals surface area contributed by atoms with Crippen LogP contribution in [0, 0.1) is 11.6 Å². The Kier molecular flexibility index (Phi) is 4.60. The average Bonchev–Trinajstić information content (AvgIpc) is 3.09. The number of aromatic nitrogens is 1. The molecular weight excluding hydrogens is 384 g/mol. The first kappa shape index (κ1) is 19.1. The third kappa shape index (κ3) is 2.97. The molecular formula is C20H19F2N3O4. The van der Waals surface area contributed by atoms with E-state index in [1.807, 2.05) is 6.92 Å². The Morgan fingerprint density at radius 3 is 2.76 bits per heavy atom. The number of aromatic hydroxyl groups is 1. The highest BCUT2D eigenvalue weighted by Gasteiger charge is 2.40. The van der Waals surface area contributed by atoms with Gasteiger partial charge in [0.05, 0.1) is 6.04 Å². The van der Waals surface area contributed by atoms with E-state index < -0.39 is 34.6 Å². The van der Waals surface area contributed by atoms with E-state index in [0.29, 0.717) is 37.7 Å². The highest BCUT2D eigenvalue weighted by atomic mass is 19.1. The van der Waals surface area contributed by atoms with E-state index in [1.54, 1.807) is 9.47 Å². The first-order chi connectivity index (χ1) is 13.8. The van der Waals surface area contributed by atoms with Crippen LogP contribution in [0.4, 0.5) is 8.78 Å². The first-order valence-electron chi connectivity index (χ1n) is 9.35. The minimum absolute atomic E-state index is 0.0603. The quantitative estimate of drug-likeness (QED) is 0.813. The van der Waals surface area contributed by atoms with Crippen LogP contribution >= 0.6 is 0 Å². The van der Waals surface area contributed by atoms with Crippen molar-refractivity contribution in [1.29, 1.82) is 0 Å². The van der Waals surface area contributed by atoms with Crippen LogP contribution in [0.1, 0.15) is 51.5 Å². The van der Waals surface area contributed by atoms with Crippen molar-refractivity contribution < 1.29 is 23.5 Å². The van der Waals surface area contributed by atoms with Gasteiger partial charge in [-0.25, -0.2) is 8.78 Å². The SMILES string of the molecule is CCN1C[C@@H]2CCc3c(C(=O)NCc4ccc(F)cc4F)c(=O)c(O)c(n32)C1=O. The van der Waals surface area contributed by atoms with Crippen LogP contribution in [0.3, 0.4) is 0 Å².